The maximum absolute atomic E-state index is 14.5. The third-order valence-electron chi connectivity index (χ3n) is 4.23. The number of aliphatic hydroxyl groups is 2. The van der Waals surface area contributed by atoms with E-state index in [1.165, 1.54) is 12.3 Å². The van der Waals surface area contributed by atoms with Crippen molar-refractivity contribution < 1.29 is 19.3 Å². The fourth-order valence-corrected chi connectivity index (χ4v) is 3.00. The van der Waals surface area contributed by atoms with Crippen molar-refractivity contribution >= 4 is 5.82 Å². The zero-order chi connectivity index (χ0) is 16.1. The summed E-state index contributed by atoms with van der Waals surface area (Å²) in [6.07, 6.45) is -3.83. The first-order chi connectivity index (χ1) is 10.4. The van der Waals surface area contributed by atoms with Gasteiger partial charge in [0.05, 0.1) is 0 Å². The highest BCUT2D eigenvalue weighted by Gasteiger charge is 2.87. The van der Waals surface area contributed by atoms with Crippen LogP contribution in [0.2, 0.25) is 0 Å². The van der Waals surface area contributed by atoms with E-state index >= 15 is 0 Å². The lowest BCUT2D eigenvalue weighted by molar-refractivity contribution is -0.0947. The molecule has 0 bridgehead atoms. The number of anilines is 1. The number of halogens is 1. The van der Waals surface area contributed by atoms with Gasteiger partial charge in [-0.3, -0.25) is 4.57 Å². The van der Waals surface area contributed by atoms with E-state index in [1.807, 2.05) is 0 Å². The molecule has 1 saturated heterocycles. The summed E-state index contributed by atoms with van der Waals surface area (Å²) in [5.74, 6) is -0.0309. The van der Waals surface area contributed by atoms with E-state index in [9.17, 15) is 19.4 Å². The molecular weight excluding hydrogens is 299 g/mol. The van der Waals surface area contributed by atoms with Crippen molar-refractivity contribution in [2.24, 2.45) is 5.11 Å². The van der Waals surface area contributed by atoms with Gasteiger partial charge in [0.25, 0.3) is 0 Å². The molecule has 1 aromatic heterocycles. The molecule has 0 radical (unpaired) electrons. The Kier molecular flexibility index (Phi) is 3.11. The summed E-state index contributed by atoms with van der Waals surface area (Å²) >= 11 is 0. The van der Waals surface area contributed by atoms with Gasteiger partial charge in [0, 0.05) is 17.7 Å². The third-order valence-corrected chi connectivity index (χ3v) is 4.23. The van der Waals surface area contributed by atoms with Gasteiger partial charge in [-0.05, 0) is 18.0 Å². The molecule has 1 saturated carbocycles. The first kappa shape index (κ1) is 14.7. The smallest absolute Gasteiger partial charge is 0.351 e. The fraction of sp³-hybridized carbons (Fsp3) is 0.636. The number of hydrogen-bond donors (Lipinski definition) is 3. The molecule has 1 aliphatic carbocycles. The van der Waals surface area contributed by atoms with Crippen molar-refractivity contribution in [3.8, 4) is 0 Å². The quantitative estimate of drug-likeness (QED) is 0.376. The highest BCUT2D eigenvalue weighted by Crippen LogP contribution is 2.64. The van der Waals surface area contributed by atoms with Gasteiger partial charge in [-0.25, -0.2) is 9.18 Å². The number of fused-ring (bicyclic) bond motifs is 1. The van der Waals surface area contributed by atoms with E-state index in [2.05, 4.69) is 15.0 Å². The van der Waals surface area contributed by atoms with Gasteiger partial charge in [-0.15, -0.1) is 0 Å². The summed E-state index contributed by atoms with van der Waals surface area (Å²) in [4.78, 5) is 17.8. The molecule has 5 atom stereocenters. The van der Waals surface area contributed by atoms with E-state index < -0.39 is 35.4 Å². The zero-order valence-corrected chi connectivity index (χ0v) is 11.2. The third kappa shape index (κ3) is 1.67. The lowest BCUT2D eigenvalue weighted by atomic mass is 10.1. The van der Waals surface area contributed by atoms with Gasteiger partial charge in [-0.2, -0.15) is 4.98 Å². The standard InChI is InChI=1S/C11H13FN6O4/c12-6-7(18-4-1-5(13)16-9(18)20)22-10(2-3-15-17-14)8(19)11(6,10)21/h1,4,6-8,19,21H,2-3H2,(H2,13,16,20)/t6-,7+,8?,10+,11+/m0/s1. The van der Waals surface area contributed by atoms with Gasteiger partial charge >= 0.3 is 5.69 Å². The van der Waals surface area contributed by atoms with Crippen LogP contribution in [0.5, 0.6) is 0 Å². The molecule has 2 heterocycles. The van der Waals surface area contributed by atoms with Gasteiger partial charge in [0.1, 0.15) is 17.5 Å². The van der Waals surface area contributed by atoms with Crippen molar-refractivity contribution in [1.29, 1.82) is 0 Å². The Hall–Kier alpha value is -2.20. The lowest BCUT2D eigenvalue weighted by Crippen LogP contribution is -2.38. The van der Waals surface area contributed by atoms with Crippen LogP contribution in [0.15, 0.2) is 22.2 Å². The highest BCUT2D eigenvalue weighted by atomic mass is 19.1. The molecule has 1 unspecified atom stereocenters. The van der Waals surface area contributed by atoms with Crippen molar-refractivity contribution in [2.45, 2.75) is 36.1 Å². The number of nitrogens with zero attached hydrogens (tertiary/aromatic N) is 5. The van der Waals surface area contributed by atoms with Gasteiger partial charge in [-0.1, -0.05) is 5.11 Å². The molecule has 0 aromatic carbocycles. The van der Waals surface area contributed by atoms with Crippen LogP contribution in [-0.2, 0) is 4.74 Å². The molecule has 2 aliphatic rings. The van der Waals surface area contributed by atoms with E-state index in [-0.39, 0.29) is 18.8 Å². The van der Waals surface area contributed by atoms with Crippen LogP contribution in [-0.4, -0.2) is 49.8 Å². The maximum Gasteiger partial charge on any atom is 0.351 e. The number of hydrogen-bond acceptors (Lipinski definition) is 7. The molecule has 10 nitrogen and oxygen atoms in total. The number of rotatable bonds is 4. The Bertz CT molecular complexity index is 721. The minimum absolute atomic E-state index is 0.0309. The zero-order valence-electron chi connectivity index (χ0n) is 11.2. The molecule has 0 spiro atoms. The summed E-state index contributed by atoms with van der Waals surface area (Å²) in [5, 5.41) is 23.4. The monoisotopic (exact) mass is 312 g/mol. The van der Waals surface area contributed by atoms with Crippen molar-refractivity contribution in [1.82, 2.24) is 9.55 Å². The van der Waals surface area contributed by atoms with Crippen molar-refractivity contribution in [3.05, 3.63) is 33.2 Å². The van der Waals surface area contributed by atoms with Crippen molar-refractivity contribution in [2.75, 3.05) is 12.3 Å². The number of alkyl halides is 1. The minimum atomic E-state index is -2.15. The first-order valence-electron chi connectivity index (χ1n) is 6.46. The number of ether oxygens (including phenoxy) is 1. The fourth-order valence-electron chi connectivity index (χ4n) is 3.00. The van der Waals surface area contributed by atoms with E-state index in [0.29, 0.717) is 0 Å². The minimum Gasteiger partial charge on any atom is -0.387 e. The SMILES string of the molecule is [N-]=[N+]=NCC[C@]12O[C@@H](n3ccc(N)nc3=O)[C@H](F)[C@@]1(O)C2O. The molecule has 1 aliphatic heterocycles. The molecule has 0 amide bonds. The van der Waals surface area contributed by atoms with Crippen LogP contribution in [0.25, 0.3) is 10.4 Å². The predicted octanol–water partition coefficient (Wildman–Crippen LogP) is -0.763. The number of aromatic nitrogens is 2. The topological polar surface area (TPSA) is 159 Å². The van der Waals surface area contributed by atoms with Crippen molar-refractivity contribution in [3.63, 3.8) is 0 Å². The largest absolute Gasteiger partial charge is 0.387 e. The highest BCUT2D eigenvalue weighted by molar-refractivity contribution is 5.35. The van der Waals surface area contributed by atoms with Crippen LogP contribution in [0.3, 0.4) is 0 Å². The number of aliphatic hydroxyl groups excluding tert-OH is 1. The summed E-state index contributed by atoms with van der Waals surface area (Å²) in [6.45, 7) is -0.0931. The normalized spacial score (nSPS) is 39.1. The Morgan fingerprint density at radius 3 is 3.05 bits per heavy atom. The van der Waals surface area contributed by atoms with Crippen LogP contribution < -0.4 is 11.4 Å². The summed E-state index contributed by atoms with van der Waals surface area (Å²) in [6, 6.07) is 1.29. The Morgan fingerprint density at radius 2 is 2.41 bits per heavy atom. The molecule has 3 rings (SSSR count). The second-order valence-corrected chi connectivity index (χ2v) is 5.27. The van der Waals surface area contributed by atoms with Gasteiger partial charge in [0.2, 0.25) is 0 Å². The molecule has 1 aromatic rings. The summed E-state index contributed by atoms with van der Waals surface area (Å²) in [5.41, 5.74) is 9.03. The average molecular weight is 312 g/mol. The average Bonchev–Trinajstić information content (AvgIpc) is 2.82. The van der Waals surface area contributed by atoms with E-state index in [4.69, 9.17) is 16.0 Å². The Labute approximate surface area is 122 Å². The van der Waals surface area contributed by atoms with E-state index in [1.54, 1.807) is 0 Å². The van der Waals surface area contributed by atoms with Gasteiger partial charge in [0.15, 0.2) is 18.0 Å². The molecule has 118 valence electrons. The Balaban J connectivity index is 1.91. The van der Waals surface area contributed by atoms with Gasteiger partial charge < -0.3 is 20.7 Å². The number of nitrogens with two attached hydrogens (primary N) is 1. The number of nitrogen functional groups attached to an aromatic ring is 1. The predicted molar refractivity (Wildman–Crippen MR) is 70.2 cm³/mol. The second kappa shape index (κ2) is 4.65. The van der Waals surface area contributed by atoms with Crippen LogP contribution in [0.4, 0.5) is 10.2 Å². The molecule has 11 heteroatoms. The van der Waals surface area contributed by atoms with E-state index in [0.717, 1.165) is 4.57 Å². The number of azide groups is 1. The van der Waals surface area contributed by atoms with Crippen LogP contribution >= 0.6 is 0 Å². The first-order valence-corrected chi connectivity index (χ1v) is 6.46. The maximum atomic E-state index is 14.5. The molecule has 22 heavy (non-hydrogen) atoms. The molecule has 4 N–H and O–H groups in total. The molecular formula is C11H13FN6O4. The Morgan fingerprint density at radius 1 is 1.68 bits per heavy atom. The summed E-state index contributed by atoms with van der Waals surface area (Å²) < 4.78 is 20.8. The lowest BCUT2D eigenvalue weighted by Gasteiger charge is -2.22. The summed E-state index contributed by atoms with van der Waals surface area (Å²) in [7, 11) is 0. The van der Waals surface area contributed by atoms with Crippen LogP contribution in [0, 0.1) is 0 Å². The van der Waals surface area contributed by atoms with Crippen LogP contribution in [0.1, 0.15) is 12.6 Å². The second-order valence-electron chi connectivity index (χ2n) is 5.27. The molecule has 2 fully saturated rings.